The summed E-state index contributed by atoms with van der Waals surface area (Å²) in [6.45, 7) is 3.42. The Morgan fingerprint density at radius 3 is 2.95 bits per heavy atom. The highest BCUT2D eigenvalue weighted by Crippen LogP contribution is 2.32. The van der Waals surface area contributed by atoms with Crippen molar-refractivity contribution in [1.82, 2.24) is 9.88 Å². The Kier molecular flexibility index (Phi) is 4.03. The number of allylic oxidation sites excluding steroid dienone is 1. The Balaban J connectivity index is 2.17. The van der Waals surface area contributed by atoms with Gasteiger partial charge in [0.05, 0.1) is 10.5 Å². The Labute approximate surface area is 134 Å². The van der Waals surface area contributed by atoms with Crippen LogP contribution < -0.4 is 0 Å². The Bertz CT molecular complexity index is 788. The monoisotopic (exact) mass is 315 g/mol. The minimum Gasteiger partial charge on any atom is -0.360 e. The van der Waals surface area contributed by atoms with E-state index in [4.69, 9.17) is 11.6 Å². The van der Waals surface area contributed by atoms with E-state index in [2.05, 4.69) is 16.9 Å². The number of H-pyrrole nitrogens is 1. The van der Waals surface area contributed by atoms with Gasteiger partial charge in [-0.3, -0.25) is 9.79 Å². The van der Waals surface area contributed by atoms with E-state index in [0.29, 0.717) is 11.6 Å². The summed E-state index contributed by atoms with van der Waals surface area (Å²) in [5.74, 6) is 0. The van der Waals surface area contributed by atoms with Gasteiger partial charge in [-0.1, -0.05) is 17.7 Å². The van der Waals surface area contributed by atoms with Gasteiger partial charge in [-0.25, -0.2) is 0 Å². The number of rotatable bonds is 2. The van der Waals surface area contributed by atoms with E-state index in [1.165, 1.54) is 0 Å². The molecule has 0 unspecified atom stereocenters. The molecular weight excluding hydrogens is 298 g/mol. The zero-order chi connectivity index (χ0) is 15.7. The third kappa shape index (κ3) is 2.44. The summed E-state index contributed by atoms with van der Waals surface area (Å²) in [5.41, 5.74) is 5.43. The Morgan fingerprint density at radius 1 is 1.41 bits per heavy atom. The highest BCUT2D eigenvalue weighted by Gasteiger charge is 2.21. The first-order valence-corrected chi connectivity index (χ1v) is 7.64. The van der Waals surface area contributed by atoms with Gasteiger partial charge >= 0.3 is 0 Å². The number of aromatic amines is 1. The summed E-state index contributed by atoms with van der Waals surface area (Å²) < 4.78 is 0. The second kappa shape index (κ2) is 5.97. The number of nitrogens with zero attached hydrogens (tertiary/aromatic N) is 2. The fourth-order valence-corrected chi connectivity index (χ4v) is 3.28. The van der Waals surface area contributed by atoms with E-state index >= 15 is 0 Å². The number of carbonyl (C=O) groups is 1. The van der Waals surface area contributed by atoms with Gasteiger partial charge in [0.1, 0.15) is 0 Å². The predicted molar refractivity (Wildman–Crippen MR) is 91.5 cm³/mol. The van der Waals surface area contributed by atoms with Gasteiger partial charge < -0.3 is 9.88 Å². The van der Waals surface area contributed by atoms with Crippen molar-refractivity contribution in [3.8, 4) is 0 Å². The lowest BCUT2D eigenvalue weighted by Gasteiger charge is -2.28. The lowest BCUT2D eigenvalue weighted by molar-refractivity contribution is -0.117. The van der Waals surface area contributed by atoms with Crippen LogP contribution in [0.3, 0.4) is 0 Å². The van der Waals surface area contributed by atoms with E-state index < -0.39 is 0 Å². The molecule has 1 aliphatic heterocycles. The first-order chi connectivity index (χ1) is 10.7. The predicted octanol–water partition coefficient (Wildman–Crippen LogP) is 3.53. The number of benzene rings is 1. The molecular formula is C17H18ClN3O. The van der Waals surface area contributed by atoms with Crippen LogP contribution in [0.5, 0.6) is 0 Å². The topological polar surface area (TPSA) is 48.5 Å². The first kappa shape index (κ1) is 14.9. The molecule has 0 atom stereocenters. The Morgan fingerprint density at radius 2 is 2.23 bits per heavy atom. The average Bonchev–Trinajstić information content (AvgIpc) is 3.04. The fourth-order valence-electron chi connectivity index (χ4n) is 3.06. The molecule has 0 bridgehead atoms. The number of hydrogen-bond donors (Lipinski definition) is 1. The third-order valence-corrected chi connectivity index (χ3v) is 4.61. The second-order valence-corrected chi connectivity index (χ2v) is 5.87. The molecule has 1 aliphatic rings. The molecule has 2 aromatic rings. The molecule has 1 saturated heterocycles. The van der Waals surface area contributed by atoms with E-state index in [-0.39, 0.29) is 0 Å². The molecule has 1 N–H and O–H groups in total. The summed E-state index contributed by atoms with van der Waals surface area (Å²) in [7, 11) is 1.81. The van der Waals surface area contributed by atoms with Crippen LogP contribution in [0.1, 0.15) is 18.9 Å². The maximum Gasteiger partial charge on any atom is 0.210 e. The molecule has 5 heteroatoms. The number of halogens is 1. The molecule has 0 spiro atoms. The smallest absolute Gasteiger partial charge is 0.210 e. The maximum absolute atomic E-state index is 11.1. The maximum atomic E-state index is 11.1. The van der Waals surface area contributed by atoms with Gasteiger partial charge in [-0.05, 0) is 35.8 Å². The van der Waals surface area contributed by atoms with Crippen LogP contribution in [0, 0.1) is 0 Å². The minimum atomic E-state index is 0.608. The van der Waals surface area contributed by atoms with Gasteiger partial charge in [0, 0.05) is 43.9 Å². The van der Waals surface area contributed by atoms with Gasteiger partial charge in [-0.15, -0.1) is 0 Å². The second-order valence-electron chi connectivity index (χ2n) is 5.46. The van der Waals surface area contributed by atoms with Crippen molar-refractivity contribution in [3.05, 3.63) is 40.6 Å². The van der Waals surface area contributed by atoms with Crippen molar-refractivity contribution in [3.63, 3.8) is 0 Å². The highest BCUT2D eigenvalue weighted by atomic mass is 35.5. The number of piperidine rings is 1. The van der Waals surface area contributed by atoms with Crippen molar-refractivity contribution in [2.75, 3.05) is 20.1 Å². The zero-order valence-corrected chi connectivity index (χ0v) is 13.4. The molecule has 3 rings (SSSR count). The first-order valence-electron chi connectivity index (χ1n) is 7.26. The number of aromatic nitrogens is 1. The molecule has 1 aromatic heterocycles. The van der Waals surface area contributed by atoms with Gasteiger partial charge in [-0.2, -0.15) is 0 Å². The lowest BCUT2D eigenvalue weighted by Crippen LogP contribution is -2.35. The summed E-state index contributed by atoms with van der Waals surface area (Å²) in [4.78, 5) is 20.5. The lowest BCUT2D eigenvalue weighted by atomic mass is 9.92. The molecule has 22 heavy (non-hydrogen) atoms. The molecule has 4 nitrogen and oxygen atoms in total. The summed E-state index contributed by atoms with van der Waals surface area (Å²) in [5, 5.41) is 1.81. The SMILES string of the molecule is CN=C1CCN(C=O)C/C1=C(/C)c1ccc(Cl)c2[nH]ccc12. The van der Waals surface area contributed by atoms with Crippen LogP contribution in [0.25, 0.3) is 16.5 Å². The number of amides is 1. The number of hydrogen-bond acceptors (Lipinski definition) is 2. The van der Waals surface area contributed by atoms with E-state index in [0.717, 1.165) is 52.7 Å². The highest BCUT2D eigenvalue weighted by molar-refractivity contribution is 6.35. The zero-order valence-electron chi connectivity index (χ0n) is 12.7. The van der Waals surface area contributed by atoms with Gasteiger partial charge in [0.15, 0.2) is 0 Å². The van der Waals surface area contributed by atoms with Gasteiger partial charge in [0.25, 0.3) is 0 Å². The fraction of sp³-hybridized carbons (Fsp3) is 0.294. The molecule has 2 heterocycles. The molecule has 1 amide bonds. The summed E-state index contributed by atoms with van der Waals surface area (Å²) >= 11 is 6.24. The largest absolute Gasteiger partial charge is 0.360 e. The number of fused-ring (bicyclic) bond motifs is 1. The van der Waals surface area contributed by atoms with Crippen molar-refractivity contribution in [2.45, 2.75) is 13.3 Å². The van der Waals surface area contributed by atoms with E-state index in [9.17, 15) is 4.79 Å². The number of aliphatic imine (C=N–C) groups is 1. The number of likely N-dealkylation sites (tertiary alicyclic amines) is 1. The van der Waals surface area contributed by atoms with E-state index in [1.807, 2.05) is 31.4 Å². The number of nitrogens with one attached hydrogen (secondary N) is 1. The molecule has 1 aromatic carbocycles. The summed E-state index contributed by atoms with van der Waals surface area (Å²) in [6, 6.07) is 5.97. The molecule has 0 radical (unpaired) electrons. The normalized spacial score (nSPS) is 19.8. The van der Waals surface area contributed by atoms with E-state index in [1.54, 1.807) is 4.90 Å². The molecule has 0 aliphatic carbocycles. The standard InChI is InChI=1S/C17H18ClN3O/c1-11(14-9-21(10-22)8-6-16(14)19-2)12-3-4-15(18)17-13(12)5-7-20-17/h3-5,7,10,20H,6,8-9H2,1-2H3/b14-11+,19-16?. The number of carbonyl (C=O) groups excluding carboxylic acids is 1. The third-order valence-electron chi connectivity index (χ3n) is 4.29. The molecule has 1 fully saturated rings. The van der Waals surface area contributed by atoms with Crippen LogP contribution in [-0.2, 0) is 4.79 Å². The van der Waals surface area contributed by atoms with Gasteiger partial charge in [0.2, 0.25) is 6.41 Å². The molecule has 114 valence electrons. The molecule has 0 saturated carbocycles. The van der Waals surface area contributed by atoms with Crippen LogP contribution in [0.15, 0.2) is 35.0 Å². The van der Waals surface area contributed by atoms with Crippen LogP contribution >= 0.6 is 11.6 Å². The van der Waals surface area contributed by atoms with Crippen molar-refractivity contribution in [1.29, 1.82) is 0 Å². The quantitative estimate of drug-likeness (QED) is 0.847. The minimum absolute atomic E-state index is 0.608. The Hall–Kier alpha value is -2.07. The van der Waals surface area contributed by atoms with Crippen molar-refractivity contribution >= 4 is 40.2 Å². The summed E-state index contributed by atoms with van der Waals surface area (Å²) in [6.07, 6.45) is 3.60. The van der Waals surface area contributed by atoms with Crippen molar-refractivity contribution in [2.24, 2.45) is 4.99 Å². The van der Waals surface area contributed by atoms with Crippen LogP contribution in [-0.4, -0.2) is 42.1 Å². The van der Waals surface area contributed by atoms with Crippen molar-refractivity contribution < 1.29 is 4.79 Å². The van der Waals surface area contributed by atoms with Crippen LogP contribution in [0.2, 0.25) is 5.02 Å². The van der Waals surface area contributed by atoms with Crippen LogP contribution in [0.4, 0.5) is 0 Å². The average molecular weight is 316 g/mol.